The van der Waals surface area contributed by atoms with Crippen molar-refractivity contribution in [2.75, 3.05) is 44.7 Å². The van der Waals surface area contributed by atoms with Gasteiger partial charge < -0.3 is 14.7 Å². The molecule has 1 heterocycles. The average Bonchev–Trinajstić information content (AvgIpc) is 2.62. The summed E-state index contributed by atoms with van der Waals surface area (Å²) in [5, 5.41) is 9.67. The van der Waals surface area contributed by atoms with Gasteiger partial charge in [0.1, 0.15) is 0 Å². The Morgan fingerprint density at radius 2 is 1.79 bits per heavy atom. The number of aryl methyl sites for hydroxylation is 1. The third-order valence-corrected chi connectivity index (χ3v) is 4.79. The third kappa shape index (κ3) is 3.82. The number of piperazine rings is 1. The molecule has 0 amide bonds. The van der Waals surface area contributed by atoms with Crippen LogP contribution in [0.15, 0.2) is 42.5 Å². The molecule has 0 saturated carbocycles. The first kappa shape index (κ1) is 16.7. The molecule has 2 aromatic rings. The number of aromatic hydroxyl groups is 1. The highest BCUT2D eigenvalue weighted by molar-refractivity contribution is 5.53. The Morgan fingerprint density at radius 1 is 1.04 bits per heavy atom. The quantitative estimate of drug-likeness (QED) is 0.916. The number of benzene rings is 2. The molecule has 24 heavy (non-hydrogen) atoms. The molecule has 1 fully saturated rings. The minimum absolute atomic E-state index is 0.202. The first-order valence-corrected chi connectivity index (χ1v) is 8.56. The molecular weight excluding hydrogens is 300 g/mol. The van der Waals surface area contributed by atoms with E-state index in [1.807, 2.05) is 12.1 Å². The molecule has 1 N–H and O–H groups in total. The monoisotopic (exact) mass is 326 g/mol. The number of nitrogens with zero attached hydrogens (tertiary/aromatic N) is 2. The van der Waals surface area contributed by atoms with Gasteiger partial charge in [-0.2, -0.15) is 0 Å². The summed E-state index contributed by atoms with van der Waals surface area (Å²) in [6, 6.07) is 14.2. The Morgan fingerprint density at radius 3 is 2.50 bits per heavy atom. The van der Waals surface area contributed by atoms with Crippen LogP contribution in [0.25, 0.3) is 0 Å². The van der Waals surface area contributed by atoms with Gasteiger partial charge in [-0.25, -0.2) is 0 Å². The molecule has 4 nitrogen and oxygen atoms in total. The molecule has 1 aliphatic heterocycles. The molecule has 1 saturated heterocycles. The lowest BCUT2D eigenvalue weighted by atomic mass is 10.1. The van der Waals surface area contributed by atoms with Gasteiger partial charge in [0.25, 0.3) is 0 Å². The van der Waals surface area contributed by atoms with E-state index >= 15 is 0 Å². The van der Waals surface area contributed by atoms with Crippen LogP contribution >= 0.6 is 0 Å². The first-order valence-electron chi connectivity index (χ1n) is 8.56. The number of methoxy groups -OCH3 is 1. The summed E-state index contributed by atoms with van der Waals surface area (Å²) in [6.07, 6.45) is 0.973. The van der Waals surface area contributed by atoms with E-state index in [1.54, 1.807) is 13.2 Å². The van der Waals surface area contributed by atoms with Gasteiger partial charge in [0.05, 0.1) is 7.11 Å². The van der Waals surface area contributed by atoms with Crippen LogP contribution in [0.2, 0.25) is 0 Å². The Labute approximate surface area is 144 Å². The van der Waals surface area contributed by atoms with Crippen LogP contribution in [-0.2, 0) is 6.42 Å². The van der Waals surface area contributed by atoms with Crippen molar-refractivity contribution in [3.8, 4) is 11.5 Å². The first-order chi connectivity index (χ1) is 11.7. The second-order valence-electron chi connectivity index (χ2n) is 6.37. The average molecular weight is 326 g/mol. The number of ether oxygens (including phenoxy) is 1. The van der Waals surface area contributed by atoms with Crippen LogP contribution in [0.4, 0.5) is 5.69 Å². The number of anilines is 1. The van der Waals surface area contributed by atoms with E-state index in [9.17, 15) is 5.11 Å². The van der Waals surface area contributed by atoms with Crippen molar-refractivity contribution in [3.63, 3.8) is 0 Å². The van der Waals surface area contributed by atoms with E-state index in [0.717, 1.165) is 39.1 Å². The van der Waals surface area contributed by atoms with E-state index in [0.29, 0.717) is 5.75 Å². The van der Waals surface area contributed by atoms with Crippen LogP contribution in [-0.4, -0.2) is 49.8 Å². The lowest BCUT2D eigenvalue weighted by molar-refractivity contribution is 0.260. The maximum atomic E-state index is 9.67. The summed E-state index contributed by atoms with van der Waals surface area (Å²) in [6.45, 7) is 7.54. The minimum atomic E-state index is 0.202. The Bertz CT molecular complexity index is 679. The Balaban J connectivity index is 1.52. The van der Waals surface area contributed by atoms with Crippen molar-refractivity contribution in [1.82, 2.24) is 4.90 Å². The van der Waals surface area contributed by atoms with E-state index in [1.165, 1.54) is 16.8 Å². The Kier molecular flexibility index (Phi) is 5.26. The van der Waals surface area contributed by atoms with Gasteiger partial charge in [0.2, 0.25) is 0 Å². The highest BCUT2D eigenvalue weighted by Gasteiger charge is 2.18. The molecule has 0 bridgehead atoms. The zero-order valence-electron chi connectivity index (χ0n) is 14.5. The zero-order chi connectivity index (χ0) is 16.9. The van der Waals surface area contributed by atoms with Gasteiger partial charge in [-0.3, -0.25) is 4.90 Å². The van der Waals surface area contributed by atoms with E-state index in [-0.39, 0.29) is 5.75 Å². The molecule has 4 heteroatoms. The van der Waals surface area contributed by atoms with Crippen molar-refractivity contribution in [2.24, 2.45) is 0 Å². The smallest absolute Gasteiger partial charge is 0.160 e. The van der Waals surface area contributed by atoms with Gasteiger partial charge in [-0.1, -0.05) is 24.3 Å². The SMILES string of the molecule is COc1cc(CCN2CCN(c3ccccc3C)CC2)ccc1O. The van der Waals surface area contributed by atoms with Gasteiger partial charge >= 0.3 is 0 Å². The molecule has 2 aromatic carbocycles. The molecule has 0 spiro atoms. The molecule has 0 aromatic heterocycles. The Hall–Kier alpha value is -2.20. The predicted molar refractivity (Wildman–Crippen MR) is 98.2 cm³/mol. The number of hydrogen-bond donors (Lipinski definition) is 1. The third-order valence-electron chi connectivity index (χ3n) is 4.79. The van der Waals surface area contributed by atoms with E-state index in [4.69, 9.17) is 4.74 Å². The molecule has 1 aliphatic rings. The molecule has 0 radical (unpaired) electrons. The van der Waals surface area contributed by atoms with Crippen LogP contribution in [0, 0.1) is 6.92 Å². The molecular formula is C20H26N2O2. The van der Waals surface area contributed by atoms with Crippen LogP contribution < -0.4 is 9.64 Å². The van der Waals surface area contributed by atoms with Crippen molar-refractivity contribution in [3.05, 3.63) is 53.6 Å². The van der Waals surface area contributed by atoms with Crippen LogP contribution in [0.5, 0.6) is 11.5 Å². The standard InChI is InChI=1S/C20H26N2O2/c1-16-5-3-4-6-18(16)22-13-11-21(12-14-22)10-9-17-7-8-19(23)20(15-17)24-2/h3-8,15,23H,9-14H2,1-2H3. The second kappa shape index (κ2) is 7.58. The molecule has 3 rings (SSSR count). The van der Waals surface area contributed by atoms with Gasteiger partial charge in [0.15, 0.2) is 11.5 Å². The van der Waals surface area contributed by atoms with Crippen molar-refractivity contribution in [1.29, 1.82) is 0 Å². The zero-order valence-corrected chi connectivity index (χ0v) is 14.5. The fraction of sp³-hybridized carbons (Fsp3) is 0.400. The van der Waals surface area contributed by atoms with Crippen LogP contribution in [0.1, 0.15) is 11.1 Å². The second-order valence-corrected chi connectivity index (χ2v) is 6.37. The lowest BCUT2D eigenvalue weighted by Crippen LogP contribution is -2.47. The predicted octanol–water partition coefficient (Wildman–Crippen LogP) is 3.07. The maximum absolute atomic E-state index is 9.67. The number of phenols is 1. The van der Waals surface area contributed by atoms with Gasteiger partial charge in [0, 0.05) is 38.4 Å². The summed E-state index contributed by atoms with van der Waals surface area (Å²) in [7, 11) is 1.59. The van der Waals surface area contributed by atoms with Gasteiger partial charge in [-0.05, 0) is 42.7 Å². The van der Waals surface area contributed by atoms with Crippen molar-refractivity contribution < 1.29 is 9.84 Å². The van der Waals surface area contributed by atoms with Crippen molar-refractivity contribution in [2.45, 2.75) is 13.3 Å². The fourth-order valence-corrected chi connectivity index (χ4v) is 3.30. The molecule has 0 unspecified atom stereocenters. The minimum Gasteiger partial charge on any atom is -0.504 e. The number of phenolic OH excluding ortho intramolecular Hbond substituents is 1. The highest BCUT2D eigenvalue weighted by Crippen LogP contribution is 2.26. The summed E-state index contributed by atoms with van der Waals surface area (Å²) >= 11 is 0. The summed E-state index contributed by atoms with van der Waals surface area (Å²) in [5.74, 6) is 0.755. The molecule has 0 aliphatic carbocycles. The largest absolute Gasteiger partial charge is 0.504 e. The normalized spacial score (nSPS) is 15.5. The highest BCUT2D eigenvalue weighted by atomic mass is 16.5. The summed E-state index contributed by atoms with van der Waals surface area (Å²) < 4.78 is 5.18. The molecule has 0 atom stereocenters. The lowest BCUT2D eigenvalue weighted by Gasteiger charge is -2.36. The van der Waals surface area contributed by atoms with Crippen LogP contribution in [0.3, 0.4) is 0 Å². The van der Waals surface area contributed by atoms with Crippen molar-refractivity contribution >= 4 is 5.69 Å². The summed E-state index contributed by atoms with van der Waals surface area (Å²) in [4.78, 5) is 4.99. The topological polar surface area (TPSA) is 35.9 Å². The van der Waals surface area contributed by atoms with E-state index < -0.39 is 0 Å². The number of hydrogen-bond acceptors (Lipinski definition) is 4. The summed E-state index contributed by atoms with van der Waals surface area (Å²) in [5.41, 5.74) is 3.91. The van der Waals surface area contributed by atoms with E-state index in [2.05, 4.69) is 41.0 Å². The number of rotatable bonds is 5. The molecule has 128 valence electrons. The van der Waals surface area contributed by atoms with Gasteiger partial charge in [-0.15, -0.1) is 0 Å². The maximum Gasteiger partial charge on any atom is 0.160 e. The number of para-hydroxylation sites is 1. The fourth-order valence-electron chi connectivity index (χ4n) is 3.30.